The predicted octanol–water partition coefficient (Wildman–Crippen LogP) is 1.46. The second-order valence-corrected chi connectivity index (χ2v) is 2.88. The number of carbonyl (C=O) groups excluding carboxylic acids is 1. The zero-order valence-electron chi connectivity index (χ0n) is 7.70. The Kier molecular flexibility index (Phi) is 2.20. The summed E-state index contributed by atoms with van der Waals surface area (Å²) in [6.45, 7) is 0. The van der Waals surface area contributed by atoms with Crippen LogP contribution in [0.25, 0.3) is 10.9 Å². The summed E-state index contributed by atoms with van der Waals surface area (Å²) in [6.07, 6.45) is 1.80. The number of hydrogen-bond donors (Lipinski definition) is 2. The molecule has 0 aliphatic heterocycles. The molecule has 2 aromatic rings. The molecular weight excluding hydrogens is 180 g/mol. The Labute approximate surface area is 80.8 Å². The van der Waals surface area contributed by atoms with E-state index in [4.69, 9.17) is 0 Å². The molecule has 1 amide bonds. The molecule has 1 heterocycles. The summed E-state index contributed by atoms with van der Waals surface area (Å²) in [7, 11) is 1.41. The molecule has 0 unspecified atom stereocenters. The third kappa shape index (κ3) is 1.36. The van der Waals surface area contributed by atoms with Crippen LogP contribution in [0, 0.1) is 0 Å². The number of aromatic nitrogens is 1. The lowest BCUT2D eigenvalue weighted by atomic mass is 10.1. The van der Waals surface area contributed by atoms with E-state index >= 15 is 0 Å². The Balaban J connectivity index is 2.50. The third-order valence-electron chi connectivity index (χ3n) is 2.03. The molecule has 0 spiro atoms. The highest BCUT2D eigenvalue weighted by Crippen LogP contribution is 2.16. The van der Waals surface area contributed by atoms with Crippen LogP contribution in [0.2, 0.25) is 0 Å². The number of benzene rings is 1. The molecule has 0 radical (unpaired) electrons. The molecule has 0 saturated carbocycles. The lowest BCUT2D eigenvalue weighted by molar-refractivity contribution is 0.0539. The zero-order valence-corrected chi connectivity index (χ0v) is 7.70. The van der Waals surface area contributed by atoms with Crippen molar-refractivity contribution in [3.8, 4) is 0 Å². The van der Waals surface area contributed by atoms with E-state index in [2.05, 4.69) is 15.3 Å². The minimum Gasteiger partial charge on any atom is -0.361 e. The summed E-state index contributed by atoms with van der Waals surface area (Å²) in [5, 5.41) is 0.891. The first-order valence-electron chi connectivity index (χ1n) is 4.22. The number of carbonyl (C=O) groups is 1. The highest BCUT2D eigenvalue weighted by molar-refractivity contribution is 6.05. The van der Waals surface area contributed by atoms with Crippen molar-refractivity contribution in [2.45, 2.75) is 0 Å². The molecule has 0 atom stereocenters. The second kappa shape index (κ2) is 3.51. The van der Waals surface area contributed by atoms with Gasteiger partial charge in [0.2, 0.25) is 0 Å². The highest BCUT2D eigenvalue weighted by Gasteiger charge is 2.08. The molecule has 0 saturated heterocycles. The molecule has 1 aromatic heterocycles. The number of hydroxylamine groups is 1. The molecule has 1 aromatic carbocycles. The first-order valence-corrected chi connectivity index (χ1v) is 4.22. The molecule has 14 heavy (non-hydrogen) atoms. The van der Waals surface area contributed by atoms with Crippen molar-refractivity contribution in [2.75, 3.05) is 7.11 Å². The van der Waals surface area contributed by atoms with Gasteiger partial charge in [-0.2, -0.15) is 0 Å². The average molecular weight is 190 g/mol. The van der Waals surface area contributed by atoms with Crippen molar-refractivity contribution in [1.29, 1.82) is 0 Å². The summed E-state index contributed by atoms with van der Waals surface area (Å²) in [4.78, 5) is 19.1. The number of rotatable bonds is 2. The Morgan fingerprint density at radius 2 is 2.29 bits per heavy atom. The monoisotopic (exact) mass is 190 g/mol. The molecule has 0 bridgehead atoms. The van der Waals surface area contributed by atoms with E-state index in [1.54, 1.807) is 12.3 Å². The third-order valence-corrected chi connectivity index (χ3v) is 2.03. The van der Waals surface area contributed by atoms with Crippen molar-refractivity contribution >= 4 is 16.8 Å². The molecule has 4 heteroatoms. The van der Waals surface area contributed by atoms with Crippen LogP contribution in [-0.2, 0) is 4.84 Å². The normalized spacial score (nSPS) is 10.4. The molecular formula is C10H10N2O2. The van der Waals surface area contributed by atoms with Crippen LogP contribution in [-0.4, -0.2) is 18.0 Å². The topological polar surface area (TPSA) is 54.1 Å². The van der Waals surface area contributed by atoms with Gasteiger partial charge in [-0.25, -0.2) is 5.48 Å². The van der Waals surface area contributed by atoms with Gasteiger partial charge in [0.05, 0.1) is 12.7 Å². The summed E-state index contributed by atoms with van der Waals surface area (Å²) in [5.74, 6) is -0.238. The summed E-state index contributed by atoms with van der Waals surface area (Å²) < 4.78 is 0. The molecule has 2 N–H and O–H groups in total. The number of hydrogen-bond acceptors (Lipinski definition) is 2. The smallest absolute Gasteiger partial charge is 0.275 e. The average Bonchev–Trinajstić information content (AvgIpc) is 2.65. The van der Waals surface area contributed by atoms with Gasteiger partial charge in [-0.15, -0.1) is 0 Å². The van der Waals surface area contributed by atoms with Crippen LogP contribution in [0.1, 0.15) is 10.4 Å². The van der Waals surface area contributed by atoms with Gasteiger partial charge in [0.1, 0.15) is 0 Å². The summed E-state index contributed by atoms with van der Waals surface area (Å²) in [5.41, 5.74) is 3.83. The number of nitrogens with one attached hydrogen (secondary N) is 2. The van der Waals surface area contributed by atoms with E-state index in [1.165, 1.54) is 7.11 Å². The number of aromatic amines is 1. The Bertz CT molecular complexity index is 462. The van der Waals surface area contributed by atoms with Gasteiger partial charge in [0.25, 0.3) is 5.91 Å². The molecule has 2 rings (SSSR count). The van der Waals surface area contributed by atoms with E-state index in [1.807, 2.05) is 18.2 Å². The maximum Gasteiger partial charge on any atom is 0.275 e. The van der Waals surface area contributed by atoms with Crippen molar-refractivity contribution in [3.63, 3.8) is 0 Å². The van der Waals surface area contributed by atoms with Crippen molar-refractivity contribution in [1.82, 2.24) is 10.5 Å². The van der Waals surface area contributed by atoms with Crippen molar-refractivity contribution in [2.24, 2.45) is 0 Å². The van der Waals surface area contributed by atoms with Gasteiger partial charge < -0.3 is 4.98 Å². The molecule has 72 valence electrons. The first kappa shape index (κ1) is 8.77. The summed E-state index contributed by atoms with van der Waals surface area (Å²) in [6, 6.07) is 7.35. The second-order valence-electron chi connectivity index (χ2n) is 2.88. The lowest BCUT2D eigenvalue weighted by Gasteiger charge is -2.02. The van der Waals surface area contributed by atoms with E-state index < -0.39 is 0 Å². The maximum absolute atomic E-state index is 11.5. The molecule has 0 aliphatic carbocycles. The lowest BCUT2D eigenvalue weighted by Crippen LogP contribution is -2.21. The number of H-pyrrole nitrogens is 1. The van der Waals surface area contributed by atoms with Gasteiger partial charge >= 0.3 is 0 Å². The Morgan fingerprint density at radius 3 is 3.07 bits per heavy atom. The van der Waals surface area contributed by atoms with Crippen LogP contribution in [0.4, 0.5) is 0 Å². The van der Waals surface area contributed by atoms with Gasteiger partial charge in [0.15, 0.2) is 0 Å². The fraction of sp³-hybridized carbons (Fsp3) is 0.100. The molecule has 0 aliphatic rings. The standard InChI is InChI=1S/C10H10N2O2/c1-14-12-10(13)8-3-2-4-9-7(8)5-6-11-9/h2-6,11H,1H3,(H,12,13). The Hall–Kier alpha value is -1.81. The van der Waals surface area contributed by atoms with Crippen LogP contribution in [0.3, 0.4) is 0 Å². The van der Waals surface area contributed by atoms with Gasteiger partial charge in [-0.3, -0.25) is 9.63 Å². The molecule has 4 nitrogen and oxygen atoms in total. The quantitative estimate of drug-likeness (QED) is 0.704. The van der Waals surface area contributed by atoms with Gasteiger partial charge in [-0.05, 0) is 18.2 Å². The minimum atomic E-state index is -0.238. The van der Waals surface area contributed by atoms with E-state index in [9.17, 15) is 4.79 Å². The van der Waals surface area contributed by atoms with E-state index in [-0.39, 0.29) is 5.91 Å². The van der Waals surface area contributed by atoms with Gasteiger partial charge in [0, 0.05) is 17.1 Å². The highest BCUT2D eigenvalue weighted by atomic mass is 16.6. The number of amides is 1. The van der Waals surface area contributed by atoms with Crippen LogP contribution < -0.4 is 5.48 Å². The predicted molar refractivity (Wildman–Crippen MR) is 52.8 cm³/mol. The van der Waals surface area contributed by atoms with Crippen LogP contribution in [0.15, 0.2) is 30.5 Å². The van der Waals surface area contributed by atoms with Gasteiger partial charge in [-0.1, -0.05) is 6.07 Å². The summed E-state index contributed by atoms with van der Waals surface area (Å²) >= 11 is 0. The minimum absolute atomic E-state index is 0.238. The zero-order chi connectivity index (χ0) is 9.97. The van der Waals surface area contributed by atoms with Crippen LogP contribution in [0.5, 0.6) is 0 Å². The van der Waals surface area contributed by atoms with Crippen molar-refractivity contribution in [3.05, 3.63) is 36.0 Å². The molecule has 0 fully saturated rings. The fourth-order valence-electron chi connectivity index (χ4n) is 1.43. The first-order chi connectivity index (χ1) is 6.83. The van der Waals surface area contributed by atoms with Crippen molar-refractivity contribution < 1.29 is 9.63 Å². The SMILES string of the molecule is CONC(=O)c1cccc2[nH]ccc12. The van der Waals surface area contributed by atoms with Crippen LogP contribution >= 0.6 is 0 Å². The van der Waals surface area contributed by atoms with E-state index in [0.29, 0.717) is 5.56 Å². The number of fused-ring (bicyclic) bond motifs is 1. The largest absolute Gasteiger partial charge is 0.361 e. The Morgan fingerprint density at radius 1 is 1.43 bits per heavy atom. The van der Waals surface area contributed by atoms with E-state index in [0.717, 1.165) is 10.9 Å². The fourth-order valence-corrected chi connectivity index (χ4v) is 1.43. The maximum atomic E-state index is 11.5.